The molecule has 1 aromatic carbocycles. The predicted octanol–water partition coefficient (Wildman–Crippen LogP) is 2.17. The van der Waals surface area contributed by atoms with Crippen LogP contribution in [0.25, 0.3) is 0 Å². The van der Waals surface area contributed by atoms with Crippen molar-refractivity contribution in [1.82, 2.24) is 15.1 Å². The smallest absolute Gasteiger partial charge is 0.326 e. The molecule has 2 aliphatic rings. The Balaban J connectivity index is 1.53. The summed E-state index contributed by atoms with van der Waals surface area (Å²) in [6.45, 7) is 5.53. The molecule has 1 aromatic rings. The molecule has 0 radical (unpaired) electrons. The minimum Gasteiger partial charge on any atom is -0.497 e. The van der Waals surface area contributed by atoms with Crippen LogP contribution in [0, 0.1) is 5.92 Å². The fourth-order valence-corrected chi connectivity index (χ4v) is 4.00. The highest BCUT2D eigenvalue weighted by Crippen LogP contribution is 2.26. The zero-order valence-electron chi connectivity index (χ0n) is 18.0. The normalized spacial score (nSPS) is 22.8. The molecule has 3 rings (SSSR count). The number of imide groups is 1. The molecule has 164 valence electrons. The Labute approximate surface area is 177 Å². The summed E-state index contributed by atoms with van der Waals surface area (Å²) in [5.74, 6) is 0.332. The molecule has 2 fully saturated rings. The number of nitrogens with zero attached hydrogens (tertiary/aromatic N) is 2. The van der Waals surface area contributed by atoms with E-state index in [9.17, 15) is 14.4 Å². The van der Waals surface area contributed by atoms with Crippen LogP contribution in [0.1, 0.15) is 38.7 Å². The third-order valence-corrected chi connectivity index (χ3v) is 5.97. The van der Waals surface area contributed by atoms with Crippen molar-refractivity contribution < 1.29 is 23.9 Å². The summed E-state index contributed by atoms with van der Waals surface area (Å²) >= 11 is 0. The quantitative estimate of drug-likeness (QED) is 0.515. The molecule has 2 aliphatic heterocycles. The van der Waals surface area contributed by atoms with Crippen molar-refractivity contribution in [2.45, 2.75) is 45.1 Å². The molecule has 3 amide bonds. The summed E-state index contributed by atoms with van der Waals surface area (Å²) in [5.41, 5.74) is 0.166. The number of methoxy groups -OCH3 is 1. The Morgan fingerprint density at radius 3 is 2.47 bits per heavy atom. The van der Waals surface area contributed by atoms with E-state index in [0.29, 0.717) is 45.4 Å². The number of urea groups is 1. The Morgan fingerprint density at radius 2 is 1.87 bits per heavy atom. The van der Waals surface area contributed by atoms with E-state index < -0.39 is 5.54 Å². The number of esters is 1. The molecule has 1 atom stereocenters. The highest BCUT2D eigenvalue weighted by molar-refractivity contribution is 6.06. The maximum absolute atomic E-state index is 13.0. The van der Waals surface area contributed by atoms with E-state index in [4.69, 9.17) is 9.47 Å². The summed E-state index contributed by atoms with van der Waals surface area (Å²) in [7, 11) is 1.62. The lowest BCUT2D eigenvalue weighted by Gasteiger charge is -2.32. The van der Waals surface area contributed by atoms with Crippen LogP contribution in [0.15, 0.2) is 24.3 Å². The van der Waals surface area contributed by atoms with Gasteiger partial charge in [-0.15, -0.1) is 0 Å². The molecule has 0 aromatic heterocycles. The monoisotopic (exact) mass is 417 g/mol. The van der Waals surface area contributed by atoms with Crippen LogP contribution in [0.4, 0.5) is 4.79 Å². The molecule has 2 heterocycles. The van der Waals surface area contributed by atoms with E-state index in [2.05, 4.69) is 5.32 Å². The Kier molecular flexibility index (Phi) is 6.97. The van der Waals surface area contributed by atoms with Crippen LogP contribution in [-0.4, -0.2) is 66.7 Å². The number of nitrogens with one attached hydrogen (secondary N) is 1. The lowest BCUT2D eigenvalue weighted by molar-refractivity contribution is -0.150. The van der Waals surface area contributed by atoms with E-state index >= 15 is 0 Å². The van der Waals surface area contributed by atoms with E-state index in [1.807, 2.05) is 29.2 Å². The van der Waals surface area contributed by atoms with Gasteiger partial charge in [-0.1, -0.05) is 12.1 Å². The first kappa shape index (κ1) is 22.1. The van der Waals surface area contributed by atoms with Gasteiger partial charge in [0.25, 0.3) is 5.91 Å². The second kappa shape index (κ2) is 9.47. The highest BCUT2D eigenvalue weighted by atomic mass is 16.5. The Hall–Kier alpha value is -2.61. The van der Waals surface area contributed by atoms with Crippen LogP contribution in [0.2, 0.25) is 0 Å². The molecule has 8 heteroatoms. The molecule has 0 saturated carbocycles. The first-order chi connectivity index (χ1) is 14.4. The summed E-state index contributed by atoms with van der Waals surface area (Å²) < 4.78 is 10.3. The minimum atomic E-state index is -0.916. The molecule has 0 aliphatic carbocycles. The predicted molar refractivity (Wildman–Crippen MR) is 111 cm³/mol. The number of aryl methyl sites for hydroxylation is 1. The number of hydrogen-bond donors (Lipinski definition) is 1. The van der Waals surface area contributed by atoms with Crippen molar-refractivity contribution in [3.63, 3.8) is 0 Å². The van der Waals surface area contributed by atoms with Gasteiger partial charge >= 0.3 is 12.0 Å². The molecule has 0 spiro atoms. The van der Waals surface area contributed by atoms with Gasteiger partial charge in [-0.3, -0.25) is 14.5 Å². The van der Waals surface area contributed by atoms with Crippen molar-refractivity contribution in [3.05, 3.63) is 29.8 Å². The maximum atomic E-state index is 13.0. The van der Waals surface area contributed by atoms with Crippen molar-refractivity contribution >= 4 is 17.9 Å². The molecule has 2 saturated heterocycles. The number of hydrogen-bond acceptors (Lipinski definition) is 6. The Bertz CT molecular complexity index is 773. The zero-order valence-corrected chi connectivity index (χ0v) is 18.0. The maximum Gasteiger partial charge on any atom is 0.326 e. The molecular weight excluding hydrogens is 386 g/mol. The molecule has 30 heavy (non-hydrogen) atoms. The van der Waals surface area contributed by atoms with Crippen LogP contribution >= 0.6 is 0 Å². The summed E-state index contributed by atoms with van der Waals surface area (Å²) in [5, 5.41) is 2.87. The van der Waals surface area contributed by atoms with Crippen LogP contribution in [-0.2, 0) is 20.7 Å². The molecule has 0 unspecified atom stereocenters. The van der Waals surface area contributed by atoms with Gasteiger partial charge in [-0.2, -0.15) is 0 Å². The number of benzene rings is 1. The average molecular weight is 418 g/mol. The summed E-state index contributed by atoms with van der Waals surface area (Å²) in [6.07, 6.45) is 2.55. The molecule has 0 bridgehead atoms. The number of piperidine rings is 1. The number of amides is 3. The second-order valence-electron chi connectivity index (χ2n) is 8.13. The number of ether oxygens (including phenoxy) is 2. The lowest BCUT2D eigenvalue weighted by Crippen LogP contribution is -2.47. The van der Waals surface area contributed by atoms with Crippen LogP contribution in [0.5, 0.6) is 5.75 Å². The van der Waals surface area contributed by atoms with Gasteiger partial charge in [0.05, 0.1) is 26.3 Å². The van der Waals surface area contributed by atoms with Crippen molar-refractivity contribution in [2.24, 2.45) is 5.92 Å². The third-order valence-electron chi connectivity index (χ3n) is 5.97. The number of rotatable bonds is 8. The van der Waals surface area contributed by atoms with Crippen LogP contribution < -0.4 is 10.1 Å². The van der Waals surface area contributed by atoms with E-state index in [0.717, 1.165) is 11.3 Å². The van der Waals surface area contributed by atoms with Gasteiger partial charge in [0, 0.05) is 13.1 Å². The first-order valence-electron chi connectivity index (χ1n) is 10.5. The minimum absolute atomic E-state index is 0.0981. The van der Waals surface area contributed by atoms with Gasteiger partial charge < -0.3 is 14.8 Å². The fraction of sp³-hybridized carbons (Fsp3) is 0.591. The lowest BCUT2D eigenvalue weighted by atomic mass is 9.93. The second-order valence-corrected chi connectivity index (χ2v) is 8.13. The summed E-state index contributed by atoms with van der Waals surface area (Å²) in [4.78, 5) is 40.7. The van der Waals surface area contributed by atoms with Gasteiger partial charge in [-0.25, -0.2) is 9.69 Å². The van der Waals surface area contributed by atoms with E-state index in [1.165, 1.54) is 4.90 Å². The zero-order chi connectivity index (χ0) is 21.7. The van der Waals surface area contributed by atoms with Crippen molar-refractivity contribution in [1.29, 1.82) is 0 Å². The van der Waals surface area contributed by atoms with Gasteiger partial charge in [0.15, 0.2) is 0 Å². The van der Waals surface area contributed by atoms with Gasteiger partial charge in [0.2, 0.25) is 0 Å². The average Bonchev–Trinajstić information content (AvgIpc) is 2.96. The SMILES string of the molecule is CCOC(=O)C1CCN(CN2C(=O)N[C@](C)(CCc3ccc(OC)cc3)C2=O)CC1. The highest BCUT2D eigenvalue weighted by Gasteiger charge is 2.47. The number of carbonyl (C=O) groups excluding carboxylic acids is 3. The standard InChI is InChI=1S/C22H31N3O5/c1-4-30-19(26)17-10-13-24(14-11-17)15-25-20(27)22(2,23-21(25)28)12-9-16-5-7-18(29-3)8-6-16/h5-8,17H,4,9-15H2,1-3H3,(H,23,28)/t22-/m1/s1. The third kappa shape index (κ3) is 4.92. The van der Waals surface area contributed by atoms with Crippen molar-refractivity contribution in [2.75, 3.05) is 33.5 Å². The van der Waals surface area contributed by atoms with Crippen LogP contribution in [0.3, 0.4) is 0 Å². The molecule has 8 nitrogen and oxygen atoms in total. The van der Waals surface area contributed by atoms with Gasteiger partial charge in [0.1, 0.15) is 11.3 Å². The topological polar surface area (TPSA) is 88.2 Å². The van der Waals surface area contributed by atoms with E-state index in [-0.39, 0.29) is 30.5 Å². The number of carbonyl (C=O) groups is 3. The molecule has 1 N–H and O–H groups in total. The largest absolute Gasteiger partial charge is 0.497 e. The van der Waals surface area contributed by atoms with Crippen molar-refractivity contribution in [3.8, 4) is 5.75 Å². The fourth-order valence-electron chi connectivity index (χ4n) is 4.00. The van der Waals surface area contributed by atoms with Gasteiger partial charge in [-0.05, 0) is 57.2 Å². The first-order valence-corrected chi connectivity index (χ1v) is 10.5. The summed E-state index contributed by atoms with van der Waals surface area (Å²) in [6, 6.07) is 7.35. The molecular formula is C22H31N3O5. The Morgan fingerprint density at radius 1 is 1.20 bits per heavy atom. The van der Waals surface area contributed by atoms with E-state index in [1.54, 1.807) is 21.0 Å². The number of likely N-dealkylation sites (tertiary alicyclic amines) is 1.